The highest BCUT2D eigenvalue weighted by Crippen LogP contribution is 2.23. The Bertz CT molecular complexity index is 623. The first-order chi connectivity index (χ1) is 9.31. The fraction of sp³-hybridized carbons (Fsp3) is 0.333. The second-order valence-corrected chi connectivity index (χ2v) is 5.87. The Labute approximate surface area is 116 Å². The Morgan fingerprint density at radius 2 is 2.00 bits per heavy atom. The number of carboxylic acids is 1. The van der Waals surface area contributed by atoms with Gasteiger partial charge >= 0.3 is 5.97 Å². The number of benzene rings is 1. The second kappa shape index (κ2) is 6.38. The van der Waals surface area contributed by atoms with Crippen molar-refractivity contribution in [2.24, 2.45) is 0 Å². The van der Waals surface area contributed by atoms with Gasteiger partial charge < -0.3 is 15.2 Å². The second-order valence-electron chi connectivity index (χ2n) is 3.88. The molecule has 0 saturated heterocycles. The Morgan fingerprint density at radius 3 is 2.50 bits per heavy atom. The van der Waals surface area contributed by atoms with Gasteiger partial charge in [-0.2, -0.15) is 0 Å². The van der Waals surface area contributed by atoms with Gasteiger partial charge in [-0.3, -0.25) is 4.79 Å². The van der Waals surface area contributed by atoms with E-state index in [0.29, 0.717) is 6.54 Å². The van der Waals surface area contributed by atoms with Gasteiger partial charge in [0.2, 0.25) is 5.91 Å². The van der Waals surface area contributed by atoms with Crippen LogP contribution in [0, 0.1) is 0 Å². The van der Waals surface area contributed by atoms with E-state index in [-0.39, 0.29) is 16.2 Å². The number of carbonyl (C=O) groups excluding carboxylic acids is 1. The van der Waals surface area contributed by atoms with Gasteiger partial charge in [-0.15, -0.1) is 0 Å². The minimum absolute atomic E-state index is 0.0504. The van der Waals surface area contributed by atoms with Gasteiger partial charge in [0.05, 0.1) is 12.0 Å². The molecule has 1 amide bonds. The van der Waals surface area contributed by atoms with Crippen LogP contribution in [0.5, 0.6) is 5.75 Å². The standard InChI is InChI=1S/C12H15NO6S/c1-3-13-11(14)7-20(17,18)8-4-5-10(19-2)9(6-8)12(15)16/h4-6H,3,7H2,1-2H3,(H,13,14)(H,15,16). The average Bonchev–Trinajstić information content (AvgIpc) is 2.37. The van der Waals surface area contributed by atoms with Crippen LogP contribution in [0.25, 0.3) is 0 Å². The average molecular weight is 301 g/mol. The molecule has 0 spiro atoms. The monoisotopic (exact) mass is 301 g/mol. The van der Waals surface area contributed by atoms with E-state index in [1.165, 1.54) is 19.2 Å². The van der Waals surface area contributed by atoms with Crippen LogP contribution in [-0.4, -0.2) is 44.8 Å². The van der Waals surface area contributed by atoms with E-state index in [9.17, 15) is 18.0 Å². The number of ether oxygens (including phenoxy) is 1. The van der Waals surface area contributed by atoms with E-state index in [1.807, 2.05) is 0 Å². The number of rotatable bonds is 6. The minimum Gasteiger partial charge on any atom is -0.496 e. The van der Waals surface area contributed by atoms with Crippen molar-refractivity contribution >= 4 is 21.7 Å². The number of carbonyl (C=O) groups is 2. The van der Waals surface area contributed by atoms with Crippen LogP contribution >= 0.6 is 0 Å². The zero-order valence-electron chi connectivity index (χ0n) is 11.0. The van der Waals surface area contributed by atoms with Crippen molar-refractivity contribution in [3.8, 4) is 5.75 Å². The van der Waals surface area contributed by atoms with E-state index in [0.717, 1.165) is 6.07 Å². The smallest absolute Gasteiger partial charge is 0.339 e. The molecule has 0 fully saturated rings. The molecule has 0 radical (unpaired) electrons. The third kappa shape index (κ3) is 3.70. The summed E-state index contributed by atoms with van der Waals surface area (Å²) in [5, 5.41) is 11.4. The van der Waals surface area contributed by atoms with Crippen LogP contribution < -0.4 is 10.1 Å². The number of hydrogen-bond acceptors (Lipinski definition) is 5. The summed E-state index contributed by atoms with van der Waals surface area (Å²) in [6.07, 6.45) is 0. The lowest BCUT2D eigenvalue weighted by molar-refractivity contribution is -0.118. The first-order valence-corrected chi connectivity index (χ1v) is 7.37. The van der Waals surface area contributed by atoms with Gasteiger partial charge in [0.15, 0.2) is 9.84 Å². The predicted octanol–water partition coefficient (Wildman–Crippen LogP) is 0.303. The Morgan fingerprint density at radius 1 is 1.35 bits per heavy atom. The molecule has 0 atom stereocenters. The van der Waals surface area contributed by atoms with Crippen molar-refractivity contribution in [3.05, 3.63) is 23.8 Å². The summed E-state index contributed by atoms with van der Waals surface area (Å²) in [6, 6.07) is 3.43. The van der Waals surface area contributed by atoms with E-state index in [2.05, 4.69) is 5.32 Å². The fourth-order valence-corrected chi connectivity index (χ4v) is 2.74. The molecule has 1 aromatic carbocycles. The summed E-state index contributed by atoms with van der Waals surface area (Å²) in [4.78, 5) is 22.1. The van der Waals surface area contributed by atoms with Gasteiger partial charge in [0.1, 0.15) is 17.1 Å². The van der Waals surface area contributed by atoms with Crippen molar-refractivity contribution in [2.45, 2.75) is 11.8 Å². The van der Waals surface area contributed by atoms with Crippen LogP contribution in [0.15, 0.2) is 23.1 Å². The number of methoxy groups -OCH3 is 1. The molecule has 0 saturated carbocycles. The third-order valence-corrected chi connectivity index (χ3v) is 4.07. The lowest BCUT2D eigenvalue weighted by Gasteiger charge is -2.08. The molecule has 2 N–H and O–H groups in total. The van der Waals surface area contributed by atoms with E-state index < -0.39 is 27.5 Å². The molecular formula is C12H15NO6S. The number of hydrogen-bond donors (Lipinski definition) is 2. The summed E-state index contributed by atoms with van der Waals surface area (Å²) in [6.45, 7) is 1.98. The highest BCUT2D eigenvalue weighted by Gasteiger charge is 2.22. The van der Waals surface area contributed by atoms with Gasteiger partial charge in [-0.1, -0.05) is 0 Å². The van der Waals surface area contributed by atoms with Crippen molar-refractivity contribution in [1.29, 1.82) is 0 Å². The Kier molecular flexibility index (Phi) is 5.09. The molecule has 0 aliphatic carbocycles. The molecule has 0 unspecified atom stereocenters. The molecule has 0 bridgehead atoms. The zero-order valence-corrected chi connectivity index (χ0v) is 11.9. The first kappa shape index (κ1) is 16.0. The molecule has 0 aliphatic heterocycles. The maximum atomic E-state index is 12.0. The molecule has 0 aliphatic rings. The fourth-order valence-electron chi connectivity index (χ4n) is 1.55. The van der Waals surface area contributed by atoms with Crippen LogP contribution in [0.1, 0.15) is 17.3 Å². The number of carboxylic acid groups (broad SMARTS) is 1. The maximum absolute atomic E-state index is 12.0. The molecule has 7 nitrogen and oxygen atoms in total. The number of nitrogens with one attached hydrogen (secondary N) is 1. The highest BCUT2D eigenvalue weighted by molar-refractivity contribution is 7.92. The minimum atomic E-state index is -3.89. The summed E-state index contributed by atoms with van der Waals surface area (Å²) < 4.78 is 28.8. The predicted molar refractivity (Wildman–Crippen MR) is 70.7 cm³/mol. The maximum Gasteiger partial charge on any atom is 0.339 e. The summed E-state index contributed by atoms with van der Waals surface area (Å²) in [5.41, 5.74) is -0.274. The zero-order chi connectivity index (χ0) is 15.3. The van der Waals surface area contributed by atoms with E-state index in [1.54, 1.807) is 6.92 Å². The van der Waals surface area contributed by atoms with Crippen molar-refractivity contribution in [3.63, 3.8) is 0 Å². The van der Waals surface area contributed by atoms with Crippen LogP contribution in [0.3, 0.4) is 0 Å². The molecule has 0 heterocycles. The number of amides is 1. The van der Waals surface area contributed by atoms with Crippen LogP contribution in [0.2, 0.25) is 0 Å². The molecule has 1 rings (SSSR count). The van der Waals surface area contributed by atoms with Gasteiger partial charge in [0, 0.05) is 6.54 Å². The Hall–Kier alpha value is -2.09. The highest BCUT2D eigenvalue weighted by atomic mass is 32.2. The lowest BCUT2D eigenvalue weighted by Crippen LogP contribution is -2.30. The summed E-state index contributed by atoms with van der Waals surface area (Å²) >= 11 is 0. The van der Waals surface area contributed by atoms with Crippen LogP contribution in [-0.2, 0) is 14.6 Å². The SMILES string of the molecule is CCNC(=O)CS(=O)(=O)c1ccc(OC)c(C(=O)O)c1. The summed E-state index contributed by atoms with van der Waals surface area (Å²) in [7, 11) is -2.61. The largest absolute Gasteiger partial charge is 0.496 e. The van der Waals surface area contributed by atoms with Crippen LogP contribution in [0.4, 0.5) is 0 Å². The molecule has 110 valence electrons. The lowest BCUT2D eigenvalue weighted by atomic mass is 10.2. The van der Waals surface area contributed by atoms with Crippen molar-refractivity contribution in [2.75, 3.05) is 19.4 Å². The molecular weight excluding hydrogens is 286 g/mol. The van der Waals surface area contributed by atoms with Gasteiger partial charge in [-0.05, 0) is 25.1 Å². The third-order valence-electron chi connectivity index (χ3n) is 2.46. The quantitative estimate of drug-likeness (QED) is 0.782. The normalized spacial score (nSPS) is 10.9. The molecule has 0 aromatic heterocycles. The Balaban J connectivity index is 3.16. The number of aromatic carboxylic acids is 1. The van der Waals surface area contributed by atoms with E-state index >= 15 is 0 Å². The summed E-state index contributed by atoms with van der Waals surface area (Å²) in [5.74, 6) is -2.63. The number of sulfone groups is 1. The van der Waals surface area contributed by atoms with E-state index in [4.69, 9.17) is 9.84 Å². The molecule has 20 heavy (non-hydrogen) atoms. The van der Waals surface area contributed by atoms with Crippen molar-refractivity contribution < 1.29 is 27.9 Å². The van der Waals surface area contributed by atoms with Crippen molar-refractivity contribution in [1.82, 2.24) is 5.32 Å². The molecule has 1 aromatic rings. The van der Waals surface area contributed by atoms with Gasteiger partial charge in [0.25, 0.3) is 0 Å². The topological polar surface area (TPSA) is 110 Å². The van der Waals surface area contributed by atoms with Gasteiger partial charge in [-0.25, -0.2) is 13.2 Å². The molecule has 8 heteroatoms. The first-order valence-electron chi connectivity index (χ1n) is 5.72.